The summed E-state index contributed by atoms with van der Waals surface area (Å²) in [5, 5.41) is 0. The lowest BCUT2D eigenvalue weighted by Gasteiger charge is -2.34. The van der Waals surface area contributed by atoms with E-state index in [2.05, 4.69) is 21.9 Å². The number of nitrogens with zero attached hydrogens (tertiary/aromatic N) is 2. The van der Waals surface area contributed by atoms with Crippen molar-refractivity contribution >= 4 is 5.69 Å². The van der Waals surface area contributed by atoms with Gasteiger partial charge in [-0.2, -0.15) is 0 Å². The maximum absolute atomic E-state index is 5.70. The predicted octanol–water partition coefficient (Wildman–Crippen LogP) is 1.59. The van der Waals surface area contributed by atoms with Crippen LogP contribution in [0.1, 0.15) is 18.4 Å². The van der Waals surface area contributed by atoms with Crippen molar-refractivity contribution in [3.05, 3.63) is 29.8 Å². The highest BCUT2D eigenvalue weighted by molar-refractivity contribution is 5.39. The van der Waals surface area contributed by atoms with Crippen LogP contribution in [0, 0.1) is 0 Å². The van der Waals surface area contributed by atoms with E-state index in [0.717, 1.165) is 18.2 Å². The lowest BCUT2D eigenvalue weighted by Crippen LogP contribution is -2.47. The molecule has 3 heteroatoms. The van der Waals surface area contributed by atoms with Gasteiger partial charge in [-0.15, -0.1) is 0 Å². The van der Waals surface area contributed by atoms with Crippen molar-refractivity contribution in [3.8, 4) is 0 Å². The molecule has 1 aliphatic heterocycles. The van der Waals surface area contributed by atoms with Crippen molar-refractivity contribution in [2.75, 3.05) is 38.5 Å². The van der Waals surface area contributed by atoms with Gasteiger partial charge in [-0.1, -0.05) is 12.1 Å². The molecule has 0 aromatic heterocycles. The van der Waals surface area contributed by atoms with Gasteiger partial charge in [0, 0.05) is 44.5 Å². The Morgan fingerprint density at radius 3 is 2.28 bits per heavy atom. The van der Waals surface area contributed by atoms with E-state index in [4.69, 9.17) is 5.73 Å². The number of hydrogen-bond acceptors (Lipinski definition) is 3. The van der Waals surface area contributed by atoms with E-state index in [1.54, 1.807) is 0 Å². The molecule has 1 aromatic carbocycles. The van der Waals surface area contributed by atoms with Crippen molar-refractivity contribution in [1.82, 2.24) is 9.80 Å². The van der Waals surface area contributed by atoms with Crippen LogP contribution in [0.2, 0.25) is 0 Å². The molecule has 3 nitrogen and oxygen atoms in total. The van der Waals surface area contributed by atoms with Gasteiger partial charge >= 0.3 is 0 Å². The fourth-order valence-corrected chi connectivity index (χ4v) is 2.76. The SMILES string of the molecule is Nc1ccc(CCN2CCN(C3CC3)CC2)cc1. The van der Waals surface area contributed by atoms with E-state index in [1.807, 2.05) is 12.1 Å². The zero-order chi connectivity index (χ0) is 12.4. The fraction of sp³-hybridized carbons (Fsp3) is 0.600. The molecule has 98 valence electrons. The highest BCUT2D eigenvalue weighted by Crippen LogP contribution is 2.27. The zero-order valence-electron chi connectivity index (χ0n) is 11.0. The second kappa shape index (κ2) is 5.29. The molecule has 0 atom stereocenters. The molecule has 2 aliphatic rings. The summed E-state index contributed by atoms with van der Waals surface area (Å²) in [4.78, 5) is 5.26. The standard InChI is InChI=1S/C15H23N3/c16-14-3-1-13(2-4-14)7-8-17-9-11-18(12-10-17)15-5-6-15/h1-4,15H,5-12,16H2. The van der Waals surface area contributed by atoms with Gasteiger partial charge in [0.1, 0.15) is 0 Å². The number of piperazine rings is 1. The van der Waals surface area contributed by atoms with Gasteiger partial charge in [0.15, 0.2) is 0 Å². The van der Waals surface area contributed by atoms with Gasteiger partial charge in [-0.05, 0) is 37.0 Å². The van der Waals surface area contributed by atoms with Gasteiger partial charge in [-0.25, -0.2) is 0 Å². The van der Waals surface area contributed by atoms with Crippen molar-refractivity contribution in [1.29, 1.82) is 0 Å². The molecule has 1 saturated carbocycles. The van der Waals surface area contributed by atoms with Gasteiger partial charge < -0.3 is 10.6 Å². The Morgan fingerprint density at radius 2 is 1.67 bits per heavy atom. The molecule has 1 heterocycles. The molecular weight excluding hydrogens is 222 g/mol. The second-order valence-corrected chi connectivity index (χ2v) is 5.60. The van der Waals surface area contributed by atoms with E-state index in [1.165, 1.54) is 51.1 Å². The number of rotatable bonds is 4. The first kappa shape index (κ1) is 12.0. The largest absolute Gasteiger partial charge is 0.399 e. The van der Waals surface area contributed by atoms with Crippen LogP contribution in [-0.4, -0.2) is 48.6 Å². The van der Waals surface area contributed by atoms with E-state index in [-0.39, 0.29) is 0 Å². The summed E-state index contributed by atoms with van der Waals surface area (Å²) in [5.41, 5.74) is 7.95. The van der Waals surface area contributed by atoms with E-state index < -0.39 is 0 Å². The summed E-state index contributed by atoms with van der Waals surface area (Å²) in [6.45, 7) is 6.21. The molecule has 3 rings (SSSR count). The zero-order valence-corrected chi connectivity index (χ0v) is 11.0. The molecule has 0 bridgehead atoms. The first-order valence-electron chi connectivity index (χ1n) is 7.12. The molecular formula is C15H23N3. The highest BCUT2D eigenvalue weighted by Gasteiger charge is 2.30. The van der Waals surface area contributed by atoms with Gasteiger partial charge in [-0.3, -0.25) is 4.90 Å². The van der Waals surface area contributed by atoms with Crippen LogP contribution in [0.3, 0.4) is 0 Å². The van der Waals surface area contributed by atoms with Crippen LogP contribution in [0.4, 0.5) is 5.69 Å². The Hall–Kier alpha value is -1.06. The van der Waals surface area contributed by atoms with Crippen LogP contribution >= 0.6 is 0 Å². The molecule has 2 fully saturated rings. The number of nitrogens with two attached hydrogens (primary N) is 1. The number of nitrogen functional groups attached to an aromatic ring is 1. The molecule has 18 heavy (non-hydrogen) atoms. The van der Waals surface area contributed by atoms with Crippen LogP contribution in [-0.2, 0) is 6.42 Å². The average molecular weight is 245 g/mol. The number of hydrogen-bond donors (Lipinski definition) is 1. The van der Waals surface area contributed by atoms with Gasteiger partial charge in [0.05, 0.1) is 0 Å². The molecule has 0 amide bonds. The predicted molar refractivity (Wildman–Crippen MR) is 75.6 cm³/mol. The molecule has 0 unspecified atom stereocenters. The highest BCUT2D eigenvalue weighted by atomic mass is 15.3. The third-order valence-electron chi connectivity index (χ3n) is 4.17. The van der Waals surface area contributed by atoms with Crippen molar-refractivity contribution < 1.29 is 0 Å². The molecule has 1 saturated heterocycles. The minimum atomic E-state index is 0.858. The van der Waals surface area contributed by atoms with Gasteiger partial charge in [0.25, 0.3) is 0 Å². The summed E-state index contributed by atoms with van der Waals surface area (Å²) in [6, 6.07) is 9.23. The second-order valence-electron chi connectivity index (χ2n) is 5.60. The Kier molecular flexibility index (Phi) is 3.52. The van der Waals surface area contributed by atoms with Crippen molar-refractivity contribution in [2.45, 2.75) is 25.3 Å². The van der Waals surface area contributed by atoms with Crippen molar-refractivity contribution in [3.63, 3.8) is 0 Å². The molecule has 0 radical (unpaired) electrons. The number of anilines is 1. The summed E-state index contributed by atoms with van der Waals surface area (Å²) in [7, 11) is 0. The average Bonchev–Trinajstić information content (AvgIpc) is 3.23. The third kappa shape index (κ3) is 3.03. The van der Waals surface area contributed by atoms with E-state index in [9.17, 15) is 0 Å². The molecule has 1 aromatic rings. The Labute approximate surface area is 110 Å². The Morgan fingerprint density at radius 1 is 1.00 bits per heavy atom. The lowest BCUT2D eigenvalue weighted by molar-refractivity contribution is 0.127. The summed E-state index contributed by atoms with van der Waals surface area (Å²) >= 11 is 0. The third-order valence-corrected chi connectivity index (χ3v) is 4.17. The Balaban J connectivity index is 1.42. The van der Waals surface area contributed by atoms with Crippen LogP contribution in [0.25, 0.3) is 0 Å². The van der Waals surface area contributed by atoms with Crippen LogP contribution in [0.15, 0.2) is 24.3 Å². The molecule has 0 spiro atoms. The quantitative estimate of drug-likeness (QED) is 0.818. The van der Waals surface area contributed by atoms with E-state index in [0.29, 0.717) is 0 Å². The normalized spacial score (nSPS) is 22.2. The first-order chi connectivity index (χ1) is 8.81. The van der Waals surface area contributed by atoms with Gasteiger partial charge in [0.2, 0.25) is 0 Å². The minimum Gasteiger partial charge on any atom is -0.399 e. The molecule has 2 N–H and O–H groups in total. The van der Waals surface area contributed by atoms with Crippen molar-refractivity contribution in [2.24, 2.45) is 0 Å². The monoisotopic (exact) mass is 245 g/mol. The molecule has 1 aliphatic carbocycles. The lowest BCUT2D eigenvalue weighted by atomic mass is 10.1. The smallest absolute Gasteiger partial charge is 0.0314 e. The summed E-state index contributed by atoms with van der Waals surface area (Å²) in [5.74, 6) is 0. The topological polar surface area (TPSA) is 32.5 Å². The number of benzene rings is 1. The maximum Gasteiger partial charge on any atom is 0.0314 e. The van der Waals surface area contributed by atoms with Crippen LogP contribution < -0.4 is 5.73 Å². The van der Waals surface area contributed by atoms with E-state index >= 15 is 0 Å². The maximum atomic E-state index is 5.70. The fourth-order valence-electron chi connectivity index (χ4n) is 2.76. The first-order valence-corrected chi connectivity index (χ1v) is 7.12. The Bertz CT molecular complexity index is 375. The summed E-state index contributed by atoms with van der Waals surface area (Å²) < 4.78 is 0. The summed E-state index contributed by atoms with van der Waals surface area (Å²) in [6.07, 6.45) is 4.01. The van der Waals surface area contributed by atoms with Crippen LogP contribution in [0.5, 0.6) is 0 Å². The minimum absolute atomic E-state index is 0.858.